The van der Waals surface area contributed by atoms with Crippen molar-refractivity contribution in [3.05, 3.63) is 51.6 Å². The summed E-state index contributed by atoms with van der Waals surface area (Å²) in [6.07, 6.45) is 0. The lowest BCUT2D eigenvalue weighted by atomic mass is 10.2. The van der Waals surface area contributed by atoms with E-state index in [1.54, 1.807) is 0 Å². The molecule has 0 radical (unpaired) electrons. The first-order chi connectivity index (χ1) is 8.65. The molecule has 0 bridgehead atoms. The molecule has 1 heterocycles. The highest BCUT2D eigenvalue weighted by Gasteiger charge is 2.09. The summed E-state index contributed by atoms with van der Waals surface area (Å²) in [6.45, 7) is 2.07. The third-order valence-corrected chi connectivity index (χ3v) is 3.64. The van der Waals surface area contributed by atoms with Crippen molar-refractivity contribution in [2.75, 3.05) is 5.73 Å². The molecule has 90 valence electrons. The van der Waals surface area contributed by atoms with Crippen LogP contribution in [0, 0.1) is 10.5 Å². The van der Waals surface area contributed by atoms with E-state index in [1.165, 1.54) is 9.13 Å². The van der Waals surface area contributed by atoms with Gasteiger partial charge in [-0.15, -0.1) is 0 Å². The van der Waals surface area contributed by atoms with Crippen LogP contribution in [0.2, 0.25) is 0 Å². The molecule has 0 aliphatic rings. The average Bonchev–Trinajstić information content (AvgIpc) is 2.66. The number of hydrogen-bond donors (Lipinski definition) is 1. The first-order valence-corrected chi connectivity index (χ1v) is 6.73. The SMILES string of the molecule is Cc1ccc2nc(N)n(-c3ccc(I)cc3)c2c1. The van der Waals surface area contributed by atoms with Crippen LogP contribution in [-0.2, 0) is 0 Å². The fourth-order valence-electron chi connectivity index (χ4n) is 2.07. The van der Waals surface area contributed by atoms with Gasteiger partial charge in [-0.25, -0.2) is 4.98 Å². The Kier molecular flexibility index (Phi) is 2.74. The fraction of sp³-hybridized carbons (Fsp3) is 0.0714. The Balaban J connectivity index is 2.30. The minimum absolute atomic E-state index is 0.525. The summed E-state index contributed by atoms with van der Waals surface area (Å²) in [6, 6.07) is 14.4. The molecule has 0 aliphatic heterocycles. The van der Waals surface area contributed by atoms with E-state index in [0.717, 1.165) is 16.7 Å². The average molecular weight is 349 g/mol. The molecular formula is C14H12IN3. The van der Waals surface area contributed by atoms with E-state index in [9.17, 15) is 0 Å². The Morgan fingerprint density at radius 1 is 1.11 bits per heavy atom. The van der Waals surface area contributed by atoms with Gasteiger partial charge in [0.15, 0.2) is 0 Å². The summed E-state index contributed by atoms with van der Waals surface area (Å²) in [5.41, 5.74) is 10.2. The number of aryl methyl sites for hydroxylation is 1. The molecule has 0 amide bonds. The van der Waals surface area contributed by atoms with Gasteiger partial charge in [0.2, 0.25) is 5.95 Å². The maximum Gasteiger partial charge on any atom is 0.205 e. The molecule has 0 spiro atoms. The van der Waals surface area contributed by atoms with Gasteiger partial charge in [0, 0.05) is 9.26 Å². The Morgan fingerprint density at radius 3 is 2.56 bits per heavy atom. The number of hydrogen-bond acceptors (Lipinski definition) is 2. The minimum Gasteiger partial charge on any atom is -0.369 e. The van der Waals surface area contributed by atoms with Crippen molar-refractivity contribution in [2.24, 2.45) is 0 Å². The highest BCUT2D eigenvalue weighted by molar-refractivity contribution is 14.1. The zero-order valence-electron chi connectivity index (χ0n) is 9.89. The van der Waals surface area contributed by atoms with Crippen molar-refractivity contribution in [1.29, 1.82) is 0 Å². The number of nitrogen functional groups attached to an aromatic ring is 1. The molecule has 1 aromatic heterocycles. The largest absolute Gasteiger partial charge is 0.369 e. The number of halogens is 1. The van der Waals surface area contributed by atoms with Crippen molar-refractivity contribution in [1.82, 2.24) is 9.55 Å². The quantitative estimate of drug-likeness (QED) is 0.683. The molecule has 2 N–H and O–H groups in total. The van der Waals surface area contributed by atoms with E-state index in [-0.39, 0.29) is 0 Å². The van der Waals surface area contributed by atoms with E-state index in [1.807, 2.05) is 16.7 Å². The van der Waals surface area contributed by atoms with Crippen LogP contribution in [0.1, 0.15) is 5.56 Å². The van der Waals surface area contributed by atoms with Crippen LogP contribution in [0.4, 0.5) is 5.95 Å². The number of nitrogens with zero attached hydrogens (tertiary/aromatic N) is 2. The normalized spacial score (nSPS) is 11.0. The van der Waals surface area contributed by atoms with Crippen molar-refractivity contribution in [2.45, 2.75) is 6.92 Å². The number of benzene rings is 2. The molecular weight excluding hydrogens is 337 g/mol. The molecule has 3 nitrogen and oxygen atoms in total. The lowest BCUT2D eigenvalue weighted by molar-refractivity contribution is 1.11. The zero-order chi connectivity index (χ0) is 12.7. The highest BCUT2D eigenvalue weighted by Crippen LogP contribution is 2.24. The van der Waals surface area contributed by atoms with Gasteiger partial charge in [0.1, 0.15) is 0 Å². The number of nitrogens with two attached hydrogens (primary N) is 1. The molecule has 0 saturated heterocycles. The number of aromatic nitrogens is 2. The second-order valence-corrected chi connectivity index (χ2v) is 5.52. The van der Waals surface area contributed by atoms with Crippen LogP contribution in [0.3, 0.4) is 0 Å². The summed E-state index contributed by atoms with van der Waals surface area (Å²) >= 11 is 2.29. The molecule has 2 aromatic carbocycles. The van der Waals surface area contributed by atoms with E-state index >= 15 is 0 Å². The summed E-state index contributed by atoms with van der Waals surface area (Å²) in [5, 5.41) is 0. The van der Waals surface area contributed by atoms with Gasteiger partial charge < -0.3 is 5.73 Å². The molecule has 18 heavy (non-hydrogen) atoms. The zero-order valence-corrected chi connectivity index (χ0v) is 12.0. The Labute approximate surface area is 119 Å². The second kappa shape index (κ2) is 4.28. The molecule has 4 heteroatoms. The Hall–Kier alpha value is -1.56. The maximum atomic E-state index is 6.02. The van der Waals surface area contributed by atoms with Gasteiger partial charge in [0.05, 0.1) is 11.0 Å². The van der Waals surface area contributed by atoms with Gasteiger partial charge in [-0.05, 0) is 71.5 Å². The number of fused-ring (bicyclic) bond motifs is 1. The van der Waals surface area contributed by atoms with Crippen LogP contribution >= 0.6 is 22.6 Å². The summed E-state index contributed by atoms with van der Waals surface area (Å²) in [4.78, 5) is 4.39. The third kappa shape index (κ3) is 1.86. The van der Waals surface area contributed by atoms with Crippen molar-refractivity contribution >= 4 is 39.6 Å². The molecule has 0 fully saturated rings. The topological polar surface area (TPSA) is 43.8 Å². The molecule has 0 saturated carbocycles. The van der Waals surface area contributed by atoms with Crippen LogP contribution < -0.4 is 5.73 Å². The predicted octanol–water partition coefficient (Wildman–Crippen LogP) is 3.52. The van der Waals surface area contributed by atoms with E-state index in [4.69, 9.17) is 5.73 Å². The number of rotatable bonds is 1. The first kappa shape index (κ1) is 11.5. The standard InChI is InChI=1S/C14H12IN3/c1-9-2-7-12-13(8-9)18(14(16)17-12)11-5-3-10(15)4-6-11/h2-8H,1H3,(H2,16,17). The lowest BCUT2D eigenvalue weighted by Gasteiger charge is -2.06. The third-order valence-electron chi connectivity index (χ3n) is 2.92. The monoisotopic (exact) mass is 349 g/mol. The molecule has 0 aliphatic carbocycles. The molecule has 3 rings (SSSR count). The number of imidazole rings is 1. The van der Waals surface area contributed by atoms with Crippen molar-refractivity contribution in [3.8, 4) is 5.69 Å². The van der Waals surface area contributed by atoms with Gasteiger partial charge in [0.25, 0.3) is 0 Å². The predicted molar refractivity (Wildman–Crippen MR) is 82.9 cm³/mol. The van der Waals surface area contributed by atoms with Crippen molar-refractivity contribution < 1.29 is 0 Å². The molecule has 3 aromatic rings. The number of anilines is 1. The van der Waals surface area contributed by atoms with Gasteiger partial charge in [-0.1, -0.05) is 6.07 Å². The maximum absolute atomic E-state index is 6.02. The Morgan fingerprint density at radius 2 is 1.83 bits per heavy atom. The first-order valence-electron chi connectivity index (χ1n) is 5.66. The minimum atomic E-state index is 0.525. The van der Waals surface area contributed by atoms with Gasteiger partial charge >= 0.3 is 0 Å². The van der Waals surface area contributed by atoms with Crippen LogP contribution in [0.15, 0.2) is 42.5 Å². The highest BCUT2D eigenvalue weighted by atomic mass is 127. The smallest absolute Gasteiger partial charge is 0.205 e. The van der Waals surface area contributed by atoms with Crippen LogP contribution in [0.25, 0.3) is 16.7 Å². The van der Waals surface area contributed by atoms with Gasteiger partial charge in [-0.2, -0.15) is 0 Å². The van der Waals surface area contributed by atoms with E-state index in [0.29, 0.717) is 5.95 Å². The second-order valence-electron chi connectivity index (χ2n) is 4.27. The van der Waals surface area contributed by atoms with Crippen LogP contribution in [0.5, 0.6) is 0 Å². The van der Waals surface area contributed by atoms with Gasteiger partial charge in [-0.3, -0.25) is 4.57 Å². The Bertz CT molecular complexity index is 714. The molecule has 0 atom stereocenters. The fourth-order valence-corrected chi connectivity index (χ4v) is 2.43. The summed E-state index contributed by atoms with van der Waals surface area (Å²) < 4.78 is 3.19. The lowest BCUT2D eigenvalue weighted by Crippen LogP contribution is -2.00. The van der Waals surface area contributed by atoms with E-state index < -0.39 is 0 Å². The van der Waals surface area contributed by atoms with Crippen LogP contribution in [-0.4, -0.2) is 9.55 Å². The summed E-state index contributed by atoms with van der Waals surface area (Å²) in [7, 11) is 0. The summed E-state index contributed by atoms with van der Waals surface area (Å²) in [5.74, 6) is 0.525. The van der Waals surface area contributed by atoms with E-state index in [2.05, 4.69) is 64.8 Å². The molecule has 0 unspecified atom stereocenters. The van der Waals surface area contributed by atoms with Crippen molar-refractivity contribution in [3.63, 3.8) is 0 Å².